The van der Waals surface area contributed by atoms with E-state index in [-0.39, 0.29) is 17.8 Å². The minimum absolute atomic E-state index is 0.0325. The Morgan fingerprint density at radius 2 is 1.08 bits per heavy atom. The maximum absolute atomic E-state index is 15.6. The molecule has 0 aromatic carbocycles. The van der Waals surface area contributed by atoms with Crippen molar-refractivity contribution in [2.45, 2.75) is 267 Å². The van der Waals surface area contributed by atoms with Crippen molar-refractivity contribution in [3.05, 3.63) is 11.6 Å². The predicted octanol–water partition coefficient (Wildman–Crippen LogP) is -2.75. The first-order valence-corrected chi connectivity index (χ1v) is 30.1. The molecule has 0 unspecified atom stereocenters. The summed E-state index contributed by atoms with van der Waals surface area (Å²) in [5, 5.41) is 163. The number of hydrogen-bond donors (Lipinski definition) is 15. The smallest absolute Gasteiger partial charge is 0.335 e. The van der Waals surface area contributed by atoms with Crippen LogP contribution in [0.15, 0.2) is 11.6 Å². The first-order chi connectivity index (χ1) is 40.1. The third-order valence-electron chi connectivity index (χ3n) is 22.7. The van der Waals surface area contributed by atoms with Gasteiger partial charge in [-0.1, -0.05) is 46.3 Å². The van der Waals surface area contributed by atoms with E-state index in [1.807, 2.05) is 6.92 Å². The first-order valence-electron chi connectivity index (χ1n) is 30.1. The number of aliphatic hydroxyl groups excluding tert-OH is 13. The Balaban J connectivity index is 0.916. The molecular formula is C58H90O28. The van der Waals surface area contributed by atoms with Gasteiger partial charge in [0.15, 0.2) is 37.4 Å². The minimum atomic E-state index is -2.03. The summed E-state index contributed by atoms with van der Waals surface area (Å²) >= 11 is 0. The predicted molar refractivity (Wildman–Crippen MR) is 285 cm³/mol. The molecule has 10 aliphatic rings. The van der Waals surface area contributed by atoms with E-state index in [0.717, 1.165) is 5.57 Å². The van der Waals surface area contributed by atoms with Crippen molar-refractivity contribution in [2.24, 2.45) is 50.2 Å². The van der Waals surface area contributed by atoms with Crippen molar-refractivity contribution in [2.75, 3.05) is 13.2 Å². The fourth-order valence-electron chi connectivity index (χ4n) is 17.4. The second-order valence-corrected chi connectivity index (χ2v) is 28.1. The van der Waals surface area contributed by atoms with Crippen molar-refractivity contribution < 1.29 is 138 Å². The zero-order valence-corrected chi connectivity index (χ0v) is 49.5. The number of fused-ring (bicyclic) bond motifs is 7. The highest BCUT2D eigenvalue weighted by molar-refractivity contribution is 5.79. The fourth-order valence-corrected chi connectivity index (χ4v) is 17.4. The number of aliphatic hydroxyl groups is 13. The van der Waals surface area contributed by atoms with Crippen LogP contribution < -0.4 is 0 Å². The molecule has 4 saturated carbocycles. The second-order valence-electron chi connectivity index (χ2n) is 28.1. The van der Waals surface area contributed by atoms with Crippen molar-refractivity contribution in [3.63, 3.8) is 0 Å². The molecule has 5 aliphatic carbocycles. The van der Waals surface area contributed by atoms with Gasteiger partial charge in [-0.25, -0.2) is 4.79 Å². The highest BCUT2D eigenvalue weighted by Crippen LogP contribution is 2.76. The third-order valence-corrected chi connectivity index (χ3v) is 22.7. The van der Waals surface area contributed by atoms with Gasteiger partial charge < -0.3 is 124 Å². The molecule has 28 heteroatoms. The van der Waals surface area contributed by atoms with E-state index in [2.05, 4.69) is 33.8 Å². The van der Waals surface area contributed by atoms with E-state index in [4.69, 9.17) is 47.4 Å². The van der Waals surface area contributed by atoms with Crippen LogP contribution in [0.4, 0.5) is 0 Å². The van der Waals surface area contributed by atoms with E-state index in [1.165, 1.54) is 20.8 Å². The molecule has 28 nitrogen and oxygen atoms in total. The Labute approximate surface area is 496 Å². The molecule has 0 amide bonds. The fraction of sp³-hybridized carbons (Fsp3) is 0.914. The lowest BCUT2D eigenvalue weighted by Gasteiger charge is -2.71. The lowest BCUT2D eigenvalue weighted by molar-refractivity contribution is -0.390. The average molecular weight is 1240 g/mol. The Kier molecular flexibility index (Phi) is 18.3. The number of hydrogen-bond acceptors (Lipinski definition) is 26. The summed E-state index contributed by atoms with van der Waals surface area (Å²) in [5.41, 5.74) is -4.34. The molecule has 86 heavy (non-hydrogen) atoms. The monoisotopic (exact) mass is 1230 g/mol. The summed E-state index contributed by atoms with van der Waals surface area (Å²) in [6, 6.07) is 0. The van der Waals surface area contributed by atoms with Gasteiger partial charge in [0.25, 0.3) is 0 Å². The van der Waals surface area contributed by atoms with Gasteiger partial charge in [-0.2, -0.15) is 0 Å². The number of carboxylic acid groups (broad SMARTS) is 2. The maximum atomic E-state index is 15.6. The summed E-state index contributed by atoms with van der Waals surface area (Å²) in [5.74, 6) is -4.97. The molecule has 9 fully saturated rings. The van der Waals surface area contributed by atoms with Gasteiger partial charge in [-0.3, -0.25) is 9.59 Å². The maximum Gasteiger partial charge on any atom is 0.335 e. The van der Waals surface area contributed by atoms with E-state index in [0.29, 0.717) is 51.4 Å². The molecule has 33 atom stereocenters. The minimum Gasteiger partial charge on any atom is -0.481 e. The Bertz CT molecular complexity index is 2520. The molecule has 0 aromatic heterocycles. The van der Waals surface area contributed by atoms with E-state index < -0.39 is 224 Å². The van der Waals surface area contributed by atoms with Gasteiger partial charge in [-0.15, -0.1) is 0 Å². The van der Waals surface area contributed by atoms with E-state index in [1.54, 1.807) is 0 Å². The number of ether oxygens (including phenoxy) is 10. The molecule has 0 aromatic rings. The van der Waals surface area contributed by atoms with Crippen LogP contribution in [-0.2, 0) is 61.8 Å². The normalized spacial score (nSPS) is 54.6. The second kappa shape index (κ2) is 23.7. The summed E-state index contributed by atoms with van der Waals surface area (Å²) in [4.78, 5) is 41.4. The van der Waals surface area contributed by atoms with Crippen molar-refractivity contribution in [1.29, 1.82) is 0 Å². The number of rotatable bonds is 12. The zero-order valence-electron chi connectivity index (χ0n) is 49.5. The van der Waals surface area contributed by atoms with Gasteiger partial charge in [0.2, 0.25) is 6.29 Å². The highest BCUT2D eigenvalue weighted by Gasteiger charge is 2.73. The van der Waals surface area contributed by atoms with Gasteiger partial charge in [0.05, 0.1) is 42.4 Å². The Hall–Kier alpha value is -2.73. The van der Waals surface area contributed by atoms with E-state index in [9.17, 15) is 86.2 Å². The Morgan fingerprint density at radius 1 is 0.523 bits per heavy atom. The molecular weight excluding hydrogens is 1140 g/mol. The number of esters is 1. The van der Waals surface area contributed by atoms with Crippen molar-refractivity contribution >= 4 is 17.9 Å². The highest BCUT2D eigenvalue weighted by atomic mass is 16.8. The molecule has 490 valence electrons. The zero-order chi connectivity index (χ0) is 63.0. The van der Waals surface area contributed by atoms with Crippen LogP contribution in [0, 0.1) is 50.2 Å². The van der Waals surface area contributed by atoms with E-state index >= 15 is 4.79 Å². The number of carbonyl (C=O) groups is 3. The van der Waals surface area contributed by atoms with Gasteiger partial charge in [0, 0.05) is 0 Å². The van der Waals surface area contributed by atoms with Crippen molar-refractivity contribution in [1.82, 2.24) is 0 Å². The largest absolute Gasteiger partial charge is 0.481 e. The van der Waals surface area contributed by atoms with Crippen LogP contribution in [-0.4, -0.2) is 261 Å². The topological polar surface area (TPSA) is 447 Å². The van der Waals surface area contributed by atoms with Crippen molar-refractivity contribution in [3.8, 4) is 0 Å². The molecule has 5 saturated heterocycles. The molecule has 0 bridgehead atoms. The lowest BCUT2D eigenvalue weighted by atomic mass is 9.33. The summed E-state index contributed by atoms with van der Waals surface area (Å²) in [6.45, 7) is 14.0. The van der Waals surface area contributed by atoms with Crippen LogP contribution >= 0.6 is 0 Å². The van der Waals surface area contributed by atoms with Crippen LogP contribution in [0.25, 0.3) is 0 Å². The van der Waals surface area contributed by atoms with Gasteiger partial charge >= 0.3 is 17.9 Å². The first kappa shape index (κ1) is 66.2. The molecule has 0 spiro atoms. The standard InChI is InChI=1S/C58H90O28/c1-21-30(62)34(66)43(84-49-39(71)41(82-47-37(69)32(64)27(61)20-78-47)40(22(2)80-49)81-46-36(68)31(63)26(60)19-77-46)50(79-21)86-52(76)58-15-13-53(3,4)17-24(58)23-9-10-28-54(5)18-25(59)44(85-48-38(70)33(65)35(67)42(83-48)45(72)73)57(8,51(74)75)29(54)11-12-56(28,7)55(23,6)14-16-58/h9,21-22,24-44,46-50,59-71H,10-20H2,1-8H3,(H,72,73)(H,74,75)/t21-,22+,24+,25+,26-,27+,28-,29-,30+,31+,32+,33+,34+,35+,36-,37-,38-,39-,40+,41+,42+,43-,44+,46+,47+,48+,49+,50+,54-,55-,56-,57+,58+/m1/s1. The molecule has 15 N–H and O–H groups in total. The lowest BCUT2D eigenvalue weighted by Crippen LogP contribution is -2.70. The molecule has 5 heterocycles. The molecule has 10 rings (SSSR count). The average Bonchev–Trinajstić information content (AvgIpc) is 0.676. The number of carbonyl (C=O) groups excluding carboxylic acids is 1. The summed E-state index contributed by atoms with van der Waals surface area (Å²) < 4.78 is 59.7. The number of aliphatic carboxylic acids is 2. The number of carboxylic acids is 2. The third kappa shape index (κ3) is 10.7. The number of allylic oxidation sites excluding steroid dienone is 2. The van der Waals surface area contributed by atoms with Crippen LogP contribution in [0.2, 0.25) is 0 Å². The van der Waals surface area contributed by atoms with Crippen LogP contribution in [0.3, 0.4) is 0 Å². The van der Waals surface area contributed by atoms with Crippen LogP contribution in [0.5, 0.6) is 0 Å². The SMILES string of the molecule is C[C@@H]1O[C@@H](O[C@H]2[C@H](OC(=O)[C@]34CCC(C)(C)C[C@H]3C3=CC[C@@H]5[C@@]6(C)C[C@H](O)[C@H](O[C@@H]7O[C@H](C(=O)O)[C@@H](O)[C@H](O)[C@H]7O)[C@@](C)(C(=O)O)[C@@H]6CC[C@@]5(C)[C@]3(C)CC4)O[C@H](C)[C@H](O)[C@@H]2O)[C@H](O)[C@H](O[C@@H]2OC[C@H](O)[C@H](O)[C@H]2O)[C@H]1O[C@@H]1OC[C@@H](O)[C@H](O)[C@H]1O. The summed E-state index contributed by atoms with van der Waals surface area (Å²) in [6.07, 6.45) is -37.2. The van der Waals surface area contributed by atoms with Gasteiger partial charge in [-0.05, 0) is 118 Å². The molecule has 0 radical (unpaired) electrons. The Morgan fingerprint density at radius 3 is 1.69 bits per heavy atom. The summed E-state index contributed by atoms with van der Waals surface area (Å²) in [7, 11) is 0. The quantitative estimate of drug-likeness (QED) is 0.0535. The molecule has 5 aliphatic heterocycles. The van der Waals surface area contributed by atoms with Crippen LogP contribution in [0.1, 0.15) is 113 Å². The van der Waals surface area contributed by atoms with Gasteiger partial charge in [0.1, 0.15) is 91.6 Å².